The molecule has 0 atom stereocenters. The van der Waals surface area contributed by atoms with Crippen molar-refractivity contribution in [1.82, 2.24) is 15.8 Å². The van der Waals surface area contributed by atoms with Crippen LogP contribution >= 0.6 is 0 Å². The fraction of sp³-hybridized carbons (Fsp3) is 0.778. The topological polar surface area (TPSA) is 62.5 Å². The molecule has 0 saturated heterocycles. The number of hydrogen-bond donors (Lipinski definition) is 2. The largest absolute Gasteiger partial charge is 0.361 e. The maximum atomic E-state index is 5.43. The average Bonchev–Trinajstić information content (AvgIpc) is 3.29. The average molecular weight is 318 g/mol. The van der Waals surface area contributed by atoms with Gasteiger partial charge in [0.05, 0.1) is 5.69 Å². The first kappa shape index (κ1) is 16.3. The lowest BCUT2D eigenvalue weighted by Gasteiger charge is -2.43. The van der Waals surface area contributed by atoms with Gasteiger partial charge in [-0.2, -0.15) is 0 Å². The second-order valence-corrected chi connectivity index (χ2v) is 7.01. The van der Waals surface area contributed by atoms with Gasteiger partial charge in [0.2, 0.25) is 0 Å². The highest BCUT2D eigenvalue weighted by Crippen LogP contribution is 2.56. The summed E-state index contributed by atoms with van der Waals surface area (Å²) in [5.41, 5.74) is 2.80. The lowest BCUT2D eigenvalue weighted by molar-refractivity contribution is 0.106. The van der Waals surface area contributed by atoms with Crippen molar-refractivity contribution in [2.75, 3.05) is 13.6 Å². The molecule has 1 heterocycles. The van der Waals surface area contributed by atoms with Crippen molar-refractivity contribution in [3.05, 3.63) is 17.0 Å². The highest BCUT2D eigenvalue weighted by Gasteiger charge is 2.48. The van der Waals surface area contributed by atoms with Gasteiger partial charge in [-0.05, 0) is 43.4 Å². The van der Waals surface area contributed by atoms with Crippen molar-refractivity contribution >= 4 is 5.96 Å². The molecule has 0 bridgehead atoms. The normalized spacial score (nSPS) is 20.2. The summed E-state index contributed by atoms with van der Waals surface area (Å²) >= 11 is 0. The third-order valence-electron chi connectivity index (χ3n) is 5.66. The van der Waals surface area contributed by atoms with Crippen molar-refractivity contribution in [1.29, 1.82) is 0 Å². The maximum absolute atomic E-state index is 5.43. The summed E-state index contributed by atoms with van der Waals surface area (Å²) in [4.78, 5) is 4.38. The molecule has 0 amide bonds. The standard InChI is InChI=1S/C18H30N4O/c1-4-15-14(16(5-2)23-22-15)11-20-17(19-3)21-12-18(9-6-10-18)13-7-8-13/h13H,4-12H2,1-3H3,(H2,19,20,21). The number of hydrogen-bond acceptors (Lipinski definition) is 3. The Morgan fingerprint density at radius 2 is 2.04 bits per heavy atom. The minimum atomic E-state index is 0.554. The molecular weight excluding hydrogens is 288 g/mol. The van der Waals surface area contributed by atoms with Crippen molar-refractivity contribution in [2.24, 2.45) is 16.3 Å². The van der Waals surface area contributed by atoms with E-state index in [1.54, 1.807) is 0 Å². The number of guanidine groups is 1. The molecule has 5 nitrogen and oxygen atoms in total. The van der Waals surface area contributed by atoms with Gasteiger partial charge in [0, 0.05) is 32.1 Å². The molecule has 1 aromatic heterocycles. The SMILES string of the molecule is CCc1noc(CC)c1CNC(=NC)NCC1(C2CC2)CCC1. The molecular formula is C18H30N4O. The Labute approximate surface area is 139 Å². The molecule has 0 aliphatic heterocycles. The van der Waals surface area contributed by atoms with Crippen LogP contribution < -0.4 is 10.6 Å². The van der Waals surface area contributed by atoms with E-state index >= 15 is 0 Å². The van der Waals surface area contributed by atoms with Gasteiger partial charge in [0.1, 0.15) is 5.76 Å². The summed E-state index contributed by atoms with van der Waals surface area (Å²) in [5.74, 6) is 2.83. The Morgan fingerprint density at radius 1 is 1.26 bits per heavy atom. The van der Waals surface area contributed by atoms with Crippen LogP contribution in [0.1, 0.15) is 63.0 Å². The molecule has 128 valence electrons. The zero-order valence-electron chi connectivity index (χ0n) is 14.7. The van der Waals surface area contributed by atoms with Gasteiger partial charge < -0.3 is 15.2 Å². The zero-order chi connectivity index (χ0) is 16.3. The van der Waals surface area contributed by atoms with E-state index in [0.717, 1.165) is 49.3 Å². The Bertz CT molecular complexity index is 534. The Balaban J connectivity index is 1.55. The second kappa shape index (κ2) is 6.93. The van der Waals surface area contributed by atoms with Crippen LogP contribution in [-0.2, 0) is 19.4 Å². The molecule has 0 aromatic carbocycles. The Kier molecular flexibility index (Phi) is 4.93. The Hall–Kier alpha value is -1.52. The third-order valence-corrected chi connectivity index (χ3v) is 5.66. The summed E-state index contributed by atoms with van der Waals surface area (Å²) in [6, 6.07) is 0. The fourth-order valence-electron chi connectivity index (χ4n) is 3.85. The lowest BCUT2D eigenvalue weighted by Crippen LogP contribution is -2.47. The molecule has 2 saturated carbocycles. The molecule has 2 aliphatic rings. The van der Waals surface area contributed by atoms with Crippen LogP contribution in [0.3, 0.4) is 0 Å². The van der Waals surface area contributed by atoms with E-state index in [-0.39, 0.29) is 0 Å². The van der Waals surface area contributed by atoms with Gasteiger partial charge >= 0.3 is 0 Å². The van der Waals surface area contributed by atoms with Gasteiger partial charge in [-0.15, -0.1) is 0 Å². The van der Waals surface area contributed by atoms with E-state index in [1.165, 1.54) is 37.7 Å². The third kappa shape index (κ3) is 3.38. The minimum absolute atomic E-state index is 0.554. The zero-order valence-corrected chi connectivity index (χ0v) is 14.7. The summed E-state index contributed by atoms with van der Waals surface area (Å²) in [6.07, 6.45) is 8.78. The first-order valence-electron chi connectivity index (χ1n) is 9.13. The first-order valence-corrected chi connectivity index (χ1v) is 9.13. The monoisotopic (exact) mass is 318 g/mol. The molecule has 3 rings (SSSR count). The predicted molar refractivity (Wildman–Crippen MR) is 92.5 cm³/mol. The first-order chi connectivity index (χ1) is 11.2. The van der Waals surface area contributed by atoms with E-state index in [4.69, 9.17) is 4.52 Å². The van der Waals surface area contributed by atoms with E-state index in [0.29, 0.717) is 5.41 Å². The molecule has 2 aliphatic carbocycles. The van der Waals surface area contributed by atoms with Gasteiger partial charge in [0.25, 0.3) is 0 Å². The predicted octanol–water partition coefficient (Wildman–Crippen LogP) is 3.04. The molecule has 2 N–H and O–H groups in total. The number of nitrogens with zero attached hydrogens (tertiary/aromatic N) is 2. The number of aryl methyl sites for hydroxylation is 2. The van der Waals surface area contributed by atoms with Crippen LogP contribution in [0, 0.1) is 11.3 Å². The quantitative estimate of drug-likeness (QED) is 0.599. The molecule has 0 spiro atoms. The molecule has 2 fully saturated rings. The van der Waals surface area contributed by atoms with Gasteiger partial charge in [0.15, 0.2) is 5.96 Å². The number of nitrogens with one attached hydrogen (secondary N) is 2. The van der Waals surface area contributed by atoms with Crippen LogP contribution in [-0.4, -0.2) is 24.7 Å². The number of aromatic nitrogens is 1. The van der Waals surface area contributed by atoms with Crippen LogP contribution in [0.15, 0.2) is 9.52 Å². The number of rotatable bonds is 7. The van der Waals surface area contributed by atoms with E-state index < -0.39 is 0 Å². The van der Waals surface area contributed by atoms with Crippen molar-refractivity contribution in [2.45, 2.75) is 65.3 Å². The maximum Gasteiger partial charge on any atom is 0.191 e. The second-order valence-electron chi connectivity index (χ2n) is 7.01. The van der Waals surface area contributed by atoms with Crippen molar-refractivity contribution in [3.8, 4) is 0 Å². The van der Waals surface area contributed by atoms with E-state index in [9.17, 15) is 0 Å². The molecule has 23 heavy (non-hydrogen) atoms. The van der Waals surface area contributed by atoms with Gasteiger partial charge in [-0.1, -0.05) is 25.4 Å². The van der Waals surface area contributed by atoms with Crippen molar-refractivity contribution < 1.29 is 4.52 Å². The smallest absolute Gasteiger partial charge is 0.191 e. The number of aliphatic imine (C=N–C) groups is 1. The van der Waals surface area contributed by atoms with Crippen molar-refractivity contribution in [3.63, 3.8) is 0 Å². The molecule has 0 unspecified atom stereocenters. The van der Waals surface area contributed by atoms with E-state index in [1.807, 2.05) is 7.05 Å². The highest BCUT2D eigenvalue weighted by molar-refractivity contribution is 5.79. The Morgan fingerprint density at radius 3 is 2.57 bits per heavy atom. The fourth-order valence-corrected chi connectivity index (χ4v) is 3.85. The molecule has 5 heteroatoms. The highest BCUT2D eigenvalue weighted by atomic mass is 16.5. The summed E-state index contributed by atoms with van der Waals surface area (Å²) in [5, 5.41) is 11.2. The van der Waals surface area contributed by atoms with Crippen LogP contribution in [0.25, 0.3) is 0 Å². The molecule has 0 radical (unpaired) electrons. The van der Waals surface area contributed by atoms with Crippen LogP contribution in [0.5, 0.6) is 0 Å². The van der Waals surface area contributed by atoms with Crippen LogP contribution in [0.2, 0.25) is 0 Å². The lowest BCUT2D eigenvalue weighted by atomic mass is 9.65. The molecule has 1 aromatic rings. The van der Waals surface area contributed by atoms with Crippen LogP contribution in [0.4, 0.5) is 0 Å². The van der Waals surface area contributed by atoms with Gasteiger partial charge in [-0.3, -0.25) is 4.99 Å². The summed E-state index contributed by atoms with van der Waals surface area (Å²) < 4.78 is 5.43. The summed E-state index contributed by atoms with van der Waals surface area (Å²) in [6.45, 7) is 6.00. The van der Waals surface area contributed by atoms with Gasteiger partial charge in [-0.25, -0.2) is 0 Å². The van der Waals surface area contributed by atoms with E-state index in [2.05, 4.69) is 34.6 Å². The minimum Gasteiger partial charge on any atom is -0.361 e. The summed E-state index contributed by atoms with van der Waals surface area (Å²) in [7, 11) is 1.84.